The number of halogens is 1. The minimum absolute atomic E-state index is 0.141. The molecule has 1 heterocycles. The van der Waals surface area contributed by atoms with E-state index in [2.05, 4.69) is 56.7 Å². The van der Waals surface area contributed by atoms with Crippen LogP contribution >= 0.6 is 11.3 Å². The van der Waals surface area contributed by atoms with E-state index in [1.54, 1.807) is 12.3 Å². The predicted octanol–water partition coefficient (Wildman–Crippen LogP) is 5.76. The number of benzene rings is 3. The van der Waals surface area contributed by atoms with E-state index in [4.69, 9.17) is 4.74 Å². The average molecular weight is 490 g/mol. The Morgan fingerprint density at radius 2 is 1.46 bits per heavy atom. The van der Waals surface area contributed by atoms with Gasteiger partial charge in [-0.3, -0.25) is 0 Å². The van der Waals surface area contributed by atoms with Crippen LogP contribution < -0.4 is 5.32 Å². The van der Waals surface area contributed by atoms with Crippen LogP contribution in [0.4, 0.5) is 9.52 Å². The highest BCUT2D eigenvalue weighted by molar-refractivity contribution is 7.14. The summed E-state index contributed by atoms with van der Waals surface area (Å²) in [5.41, 5.74) is 2.28. The van der Waals surface area contributed by atoms with Gasteiger partial charge in [-0.15, -0.1) is 11.3 Å². The number of rotatable bonds is 10. The maximum absolute atomic E-state index is 12.6. The molecule has 0 amide bonds. The molecule has 0 aliphatic rings. The lowest BCUT2D eigenvalue weighted by Gasteiger charge is -2.36. The van der Waals surface area contributed by atoms with Crippen molar-refractivity contribution in [3.63, 3.8) is 0 Å². The Morgan fingerprint density at radius 1 is 0.943 bits per heavy atom. The number of esters is 1. The number of oxime groups is 1. The third-order valence-corrected chi connectivity index (χ3v) is 6.09. The first-order valence-electron chi connectivity index (χ1n) is 11.0. The quantitative estimate of drug-likeness (QED) is 0.133. The zero-order valence-corrected chi connectivity index (χ0v) is 19.9. The first kappa shape index (κ1) is 24.1. The Balaban J connectivity index is 1.84. The van der Waals surface area contributed by atoms with E-state index >= 15 is 0 Å². The monoisotopic (exact) mass is 489 g/mol. The van der Waals surface area contributed by atoms with Crippen molar-refractivity contribution in [1.82, 2.24) is 4.98 Å². The molecule has 4 rings (SSSR count). The van der Waals surface area contributed by atoms with Gasteiger partial charge in [0.15, 0.2) is 5.13 Å². The summed E-state index contributed by atoms with van der Waals surface area (Å²) in [7, 11) is 0. The van der Waals surface area contributed by atoms with E-state index in [9.17, 15) is 9.18 Å². The molecule has 0 atom stereocenters. The van der Waals surface area contributed by atoms with Crippen LogP contribution in [0.2, 0.25) is 0 Å². The van der Waals surface area contributed by atoms with Gasteiger partial charge in [-0.25, -0.2) is 14.2 Å². The second-order valence-corrected chi connectivity index (χ2v) is 8.27. The van der Waals surface area contributed by atoms with Crippen LogP contribution in [0.5, 0.6) is 0 Å². The van der Waals surface area contributed by atoms with Crippen LogP contribution in [0.15, 0.2) is 102 Å². The highest BCUT2D eigenvalue weighted by Crippen LogP contribution is 2.40. The highest BCUT2D eigenvalue weighted by atomic mass is 32.1. The molecule has 0 unspecified atom stereocenters. The van der Waals surface area contributed by atoms with E-state index in [0.717, 1.165) is 16.7 Å². The van der Waals surface area contributed by atoms with E-state index in [1.807, 2.05) is 54.6 Å². The van der Waals surface area contributed by atoms with Crippen molar-refractivity contribution in [3.8, 4) is 0 Å². The molecule has 0 saturated heterocycles. The van der Waals surface area contributed by atoms with E-state index in [-0.39, 0.29) is 18.0 Å². The molecule has 0 saturated carbocycles. The number of hydrogen-bond acceptors (Lipinski definition) is 7. The molecule has 178 valence electrons. The standard InChI is InChI=1S/C27H24FN3O3S/c1-2-33-25(32)24(31-34-19-28)23-18-35-26(29-23)30-27(20-12-6-3-7-13-20,21-14-8-4-9-15-21)22-16-10-5-11-17-22/h3-18H,2,19H2,1H3,(H,29,30). The molecule has 0 fully saturated rings. The molecule has 1 aromatic heterocycles. The number of anilines is 1. The molecule has 0 spiro atoms. The molecule has 6 nitrogen and oxygen atoms in total. The fourth-order valence-corrected chi connectivity index (χ4v) is 4.61. The normalized spacial score (nSPS) is 11.7. The molecule has 0 radical (unpaired) electrons. The van der Waals surface area contributed by atoms with Gasteiger partial charge in [0.05, 0.1) is 6.61 Å². The summed E-state index contributed by atoms with van der Waals surface area (Å²) < 4.78 is 17.6. The van der Waals surface area contributed by atoms with Crippen molar-refractivity contribution in [2.24, 2.45) is 5.16 Å². The number of hydrogen-bond donors (Lipinski definition) is 1. The van der Waals surface area contributed by atoms with Crippen LogP contribution in [-0.2, 0) is 19.9 Å². The lowest BCUT2D eigenvalue weighted by molar-refractivity contribution is -0.135. The third-order valence-electron chi connectivity index (χ3n) is 5.34. The van der Waals surface area contributed by atoms with Gasteiger partial charge in [-0.05, 0) is 23.6 Å². The second kappa shape index (κ2) is 11.4. The fraction of sp³-hybridized carbons (Fsp3) is 0.148. The van der Waals surface area contributed by atoms with Crippen LogP contribution in [0.3, 0.4) is 0 Å². The minimum atomic E-state index is -1.17. The SMILES string of the molecule is CCOC(=O)C(=NOCF)c1csc(NC(c2ccccc2)(c2ccccc2)c2ccccc2)n1. The Kier molecular flexibility index (Phi) is 7.84. The second-order valence-electron chi connectivity index (χ2n) is 7.41. The van der Waals surface area contributed by atoms with Crippen molar-refractivity contribution in [2.45, 2.75) is 12.5 Å². The molecular weight excluding hydrogens is 465 g/mol. The average Bonchev–Trinajstić information content (AvgIpc) is 3.37. The Labute approximate surface area is 207 Å². The van der Waals surface area contributed by atoms with Crippen LogP contribution in [0, 0.1) is 0 Å². The lowest BCUT2D eigenvalue weighted by atomic mass is 9.77. The summed E-state index contributed by atoms with van der Waals surface area (Å²) in [5, 5.41) is 9.42. The van der Waals surface area contributed by atoms with Gasteiger partial charge >= 0.3 is 5.97 Å². The summed E-state index contributed by atoms with van der Waals surface area (Å²) in [6.45, 7) is 0.645. The molecule has 35 heavy (non-hydrogen) atoms. The molecule has 0 bridgehead atoms. The maximum atomic E-state index is 12.6. The summed E-state index contributed by atoms with van der Waals surface area (Å²) in [4.78, 5) is 21.5. The number of carbonyl (C=O) groups is 1. The number of nitrogens with zero attached hydrogens (tertiary/aromatic N) is 2. The van der Waals surface area contributed by atoms with Crippen molar-refractivity contribution in [1.29, 1.82) is 0 Å². The molecule has 3 aromatic carbocycles. The van der Waals surface area contributed by atoms with Gasteiger partial charge in [0.1, 0.15) is 11.2 Å². The number of carbonyl (C=O) groups excluding carboxylic acids is 1. The fourth-order valence-electron chi connectivity index (χ4n) is 3.86. The van der Waals surface area contributed by atoms with Gasteiger partial charge in [0.25, 0.3) is 6.86 Å². The van der Waals surface area contributed by atoms with Gasteiger partial charge in [-0.1, -0.05) is 96.2 Å². The first-order chi connectivity index (χ1) is 17.2. The number of ether oxygens (including phenoxy) is 1. The summed E-state index contributed by atoms with van der Waals surface area (Å²) in [5.74, 6) is -0.738. The van der Waals surface area contributed by atoms with Crippen LogP contribution in [0.25, 0.3) is 0 Å². The van der Waals surface area contributed by atoms with Crippen LogP contribution in [-0.4, -0.2) is 30.1 Å². The zero-order chi connectivity index (χ0) is 24.5. The van der Waals surface area contributed by atoms with E-state index in [0.29, 0.717) is 5.13 Å². The molecule has 0 aliphatic heterocycles. The summed E-state index contributed by atoms with van der Waals surface area (Å²) in [6.07, 6.45) is 0. The first-order valence-corrected chi connectivity index (χ1v) is 11.9. The summed E-state index contributed by atoms with van der Waals surface area (Å²) in [6, 6.07) is 30.2. The smallest absolute Gasteiger partial charge is 0.362 e. The minimum Gasteiger partial charge on any atom is -0.461 e. The number of aromatic nitrogens is 1. The topological polar surface area (TPSA) is 72.8 Å². The zero-order valence-electron chi connectivity index (χ0n) is 19.1. The van der Waals surface area contributed by atoms with Gasteiger partial charge in [0, 0.05) is 5.38 Å². The number of alkyl halides is 1. The maximum Gasteiger partial charge on any atom is 0.362 e. The highest BCUT2D eigenvalue weighted by Gasteiger charge is 2.37. The Bertz CT molecular complexity index is 1170. The number of nitrogens with one attached hydrogen (secondary N) is 1. The third kappa shape index (κ3) is 5.22. The van der Waals surface area contributed by atoms with E-state index in [1.165, 1.54) is 11.3 Å². The lowest BCUT2D eigenvalue weighted by Crippen LogP contribution is -2.38. The van der Waals surface area contributed by atoms with Crippen molar-refractivity contribution >= 4 is 28.1 Å². The van der Waals surface area contributed by atoms with Crippen molar-refractivity contribution < 1.29 is 18.8 Å². The number of thiazole rings is 1. The molecule has 0 aliphatic carbocycles. The Hall–Kier alpha value is -4.04. The molecular formula is C27H24FN3O3S. The van der Waals surface area contributed by atoms with Crippen molar-refractivity contribution in [2.75, 3.05) is 18.8 Å². The van der Waals surface area contributed by atoms with Crippen molar-refractivity contribution in [3.05, 3.63) is 119 Å². The van der Waals surface area contributed by atoms with Gasteiger partial charge in [0.2, 0.25) is 5.71 Å². The molecule has 8 heteroatoms. The van der Waals surface area contributed by atoms with E-state index < -0.39 is 18.4 Å². The predicted molar refractivity (Wildman–Crippen MR) is 135 cm³/mol. The van der Waals surface area contributed by atoms with Gasteiger partial charge in [-0.2, -0.15) is 0 Å². The molecule has 1 N–H and O–H groups in total. The molecule has 4 aromatic rings. The van der Waals surface area contributed by atoms with Gasteiger partial charge < -0.3 is 14.9 Å². The van der Waals surface area contributed by atoms with Crippen LogP contribution in [0.1, 0.15) is 29.3 Å². The summed E-state index contributed by atoms with van der Waals surface area (Å²) >= 11 is 1.30. The Morgan fingerprint density at radius 3 is 1.91 bits per heavy atom. The largest absolute Gasteiger partial charge is 0.461 e.